The first kappa shape index (κ1) is 31.8. The minimum absolute atomic E-state index is 0.0236. The first-order chi connectivity index (χ1) is 20.8. The Morgan fingerprint density at radius 1 is 1.14 bits per heavy atom. The Morgan fingerprint density at radius 2 is 1.86 bits per heavy atom. The molecule has 2 aliphatic heterocycles. The van der Waals surface area contributed by atoms with Crippen LogP contribution < -0.4 is 16.0 Å². The lowest BCUT2D eigenvalue weighted by Crippen LogP contribution is -2.38. The van der Waals surface area contributed by atoms with Crippen molar-refractivity contribution in [1.82, 2.24) is 20.5 Å². The molecule has 0 aliphatic carbocycles. The smallest absolute Gasteiger partial charge is 0.256 e. The Balaban J connectivity index is 1.33. The predicted octanol–water partition coefficient (Wildman–Crippen LogP) is 4.35. The number of H-pyrrole nitrogens is 1. The van der Waals surface area contributed by atoms with E-state index in [4.69, 9.17) is 23.2 Å². The fourth-order valence-electron chi connectivity index (χ4n) is 5.71. The number of benzene rings is 2. The Labute approximate surface area is 266 Å². The number of aryl methyl sites for hydroxylation is 1. The summed E-state index contributed by atoms with van der Waals surface area (Å²) in [5.74, 6) is -1.06. The van der Waals surface area contributed by atoms with Crippen molar-refractivity contribution in [3.63, 3.8) is 0 Å². The average Bonchev–Trinajstić information content (AvgIpc) is 3.60. The third kappa shape index (κ3) is 6.71. The molecule has 3 heterocycles. The van der Waals surface area contributed by atoms with Gasteiger partial charge >= 0.3 is 0 Å². The molecule has 10 nitrogen and oxygen atoms in total. The second kappa shape index (κ2) is 12.8. The molecule has 13 heteroatoms. The van der Waals surface area contributed by atoms with E-state index in [0.717, 1.165) is 19.5 Å². The van der Waals surface area contributed by atoms with E-state index in [1.165, 1.54) is 19.1 Å². The van der Waals surface area contributed by atoms with Gasteiger partial charge in [0.15, 0.2) is 9.84 Å². The number of carbonyl (C=O) groups is 3. The molecule has 232 valence electrons. The zero-order valence-corrected chi connectivity index (χ0v) is 26.8. The monoisotopic (exact) mass is 657 g/mol. The van der Waals surface area contributed by atoms with Gasteiger partial charge in [0, 0.05) is 77.4 Å². The summed E-state index contributed by atoms with van der Waals surface area (Å²) in [5.41, 5.74) is 3.86. The van der Waals surface area contributed by atoms with Gasteiger partial charge in [-0.25, -0.2) is 8.42 Å². The van der Waals surface area contributed by atoms with Gasteiger partial charge in [-0.3, -0.25) is 19.3 Å². The molecular weight excluding hydrogens is 625 g/mol. The van der Waals surface area contributed by atoms with Crippen LogP contribution >= 0.6 is 23.2 Å². The number of hydrogen-bond donors (Lipinski definition) is 4. The van der Waals surface area contributed by atoms with Gasteiger partial charge in [-0.15, -0.1) is 0 Å². The number of hydrogen-bond acceptors (Lipinski definition) is 6. The molecule has 0 radical (unpaired) electrons. The van der Waals surface area contributed by atoms with Crippen molar-refractivity contribution in [2.75, 3.05) is 31.5 Å². The van der Waals surface area contributed by atoms with Crippen LogP contribution in [0.2, 0.25) is 10.0 Å². The van der Waals surface area contributed by atoms with E-state index in [9.17, 15) is 22.8 Å². The molecular formula is C31H33Cl2N5O5S. The second-order valence-corrected chi connectivity index (χ2v) is 13.9. The molecule has 1 aromatic heterocycles. The van der Waals surface area contributed by atoms with Crippen molar-refractivity contribution in [2.24, 2.45) is 0 Å². The van der Waals surface area contributed by atoms with E-state index in [2.05, 4.69) is 25.8 Å². The van der Waals surface area contributed by atoms with Gasteiger partial charge in [0.05, 0.1) is 21.8 Å². The van der Waals surface area contributed by atoms with Crippen molar-refractivity contribution in [3.8, 4) is 0 Å². The normalized spacial score (nSPS) is 17.5. The van der Waals surface area contributed by atoms with Crippen molar-refractivity contribution >= 4 is 68.1 Å². The van der Waals surface area contributed by atoms with Crippen LogP contribution in [0.5, 0.6) is 0 Å². The minimum atomic E-state index is -3.86. The fraction of sp³-hybridized carbons (Fsp3) is 0.323. The molecule has 2 aliphatic rings. The molecule has 0 saturated carbocycles. The van der Waals surface area contributed by atoms with Crippen LogP contribution in [-0.4, -0.2) is 68.2 Å². The largest absolute Gasteiger partial charge is 0.358 e. The predicted molar refractivity (Wildman–Crippen MR) is 172 cm³/mol. The quantitative estimate of drug-likeness (QED) is 0.252. The molecule has 1 fully saturated rings. The molecule has 0 spiro atoms. The number of rotatable bonds is 9. The number of fused-ring (bicyclic) bond motifs is 1. The van der Waals surface area contributed by atoms with Crippen LogP contribution in [0, 0.1) is 13.8 Å². The summed E-state index contributed by atoms with van der Waals surface area (Å²) in [6.45, 7) is 7.79. The number of sulfone groups is 1. The van der Waals surface area contributed by atoms with Gasteiger partial charge in [0.1, 0.15) is 0 Å². The zero-order chi connectivity index (χ0) is 31.8. The number of aromatic nitrogens is 1. The van der Waals surface area contributed by atoms with Crippen LogP contribution in [0.3, 0.4) is 0 Å². The van der Waals surface area contributed by atoms with E-state index in [-0.39, 0.29) is 44.3 Å². The standard InChI is InChI=1S/C31H33Cl2N5O5S/c1-17-28(35-18(2)29(17)31(41)34-10-12-38-11-9-20(15-38)36-19(3)39)14-23-22-13-21(7-8-27(22)37-30(23)40)44(42,43)16-24-25(32)5-4-6-26(24)33/h4-8,13-14,20,35H,9-12,15-16H2,1-3H3,(H,34,41)(H,36,39)(H,37,40)/b23-14-. The highest BCUT2D eigenvalue weighted by Gasteiger charge is 2.29. The summed E-state index contributed by atoms with van der Waals surface area (Å²) in [6, 6.07) is 9.39. The summed E-state index contributed by atoms with van der Waals surface area (Å²) < 4.78 is 26.7. The minimum Gasteiger partial charge on any atom is -0.358 e. The number of halogens is 2. The molecule has 5 rings (SSSR count). The number of amides is 3. The lowest BCUT2D eigenvalue weighted by molar-refractivity contribution is -0.119. The third-order valence-corrected chi connectivity index (χ3v) is 10.3. The second-order valence-electron chi connectivity index (χ2n) is 11.1. The van der Waals surface area contributed by atoms with Gasteiger partial charge < -0.3 is 20.9 Å². The lowest BCUT2D eigenvalue weighted by atomic mass is 10.0. The van der Waals surface area contributed by atoms with Crippen molar-refractivity contribution in [3.05, 3.63) is 80.1 Å². The molecule has 1 unspecified atom stereocenters. The van der Waals surface area contributed by atoms with Crippen molar-refractivity contribution in [2.45, 2.75) is 43.9 Å². The van der Waals surface area contributed by atoms with Crippen LogP contribution in [0.4, 0.5) is 5.69 Å². The van der Waals surface area contributed by atoms with Gasteiger partial charge in [-0.05, 0) is 62.2 Å². The SMILES string of the molecule is CC(=O)NC1CCN(CCNC(=O)c2c(C)[nH]c(/C=C3\C(=O)Nc4ccc(S(=O)(=O)Cc5c(Cl)cccc5Cl)cc43)c2C)C1. The topological polar surface area (TPSA) is 140 Å². The first-order valence-electron chi connectivity index (χ1n) is 14.1. The number of nitrogens with one attached hydrogen (secondary N) is 4. The van der Waals surface area contributed by atoms with Crippen LogP contribution in [-0.2, 0) is 25.2 Å². The van der Waals surface area contributed by atoms with E-state index in [0.29, 0.717) is 52.4 Å². The van der Waals surface area contributed by atoms with Gasteiger partial charge in [0.2, 0.25) is 5.91 Å². The number of aromatic amines is 1. The fourth-order valence-corrected chi connectivity index (χ4v) is 7.83. The molecule has 4 N–H and O–H groups in total. The van der Waals surface area contributed by atoms with E-state index < -0.39 is 15.6 Å². The highest BCUT2D eigenvalue weighted by atomic mass is 35.5. The summed E-state index contributed by atoms with van der Waals surface area (Å²) >= 11 is 12.4. The number of anilines is 1. The Bertz CT molecular complexity index is 1780. The summed E-state index contributed by atoms with van der Waals surface area (Å²) in [4.78, 5) is 42.9. The van der Waals surface area contributed by atoms with E-state index >= 15 is 0 Å². The molecule has 1 atom stereocenters. The van der Waals surface area contributed by atoms with Gasteiger partial charge in [-0.1, -0.05) is 29.3 Å². The summed E-state index contributed by atoms with van der Waals surface area (Å²) in [6.07, 6.45) is 2.51. The maximum Gasteiger partial charge on any atom is 0.256 e. The van der Waals surface area contributed by atoms with Gasteiger partial charge in [-0.2, -0.15) is 0 Å². The number of likely N-dealkylation sites (tertiary alicyclic amines) is 1. The maximum atomic E-state index is 13.3. The Kier molecular flexibility index (Phi) is 9.22. The summed E-state index contributed by atoms with van der Waals surface area (Å²) in [7, 11) is -3.86. The Hall–Kier alpha value is -3.64. The molecule has 3 amide bonds. The highest BCUT2D eigenvalue weighted by molar-refractivity contribution is 7.90. The zero-order valence-electron chi connectivity index (χ0n) is 24.5. The molecule has 2 aromatic carbocycles. The van der Waals surface area contributed by atoms with Crippen LogP contribution in [0.25, 0.3) is 11.6 Å². The average molecular weight is 659 g/mol. The third-order valence-electron chi connectivity index (χ3n) is 7.91. The van der Waals surface area contributed by atoms with Gasteiger partial charge in [0.25, 0.3) is 11.8 Å². The van der Waals surface area contributed by atoms with E-state index in [1.54, 1.807) is 44.2 Å². The summed E-state index contributed by atoms with van der Waals surface area (Å²) in [5, 5.41) is 9.19. The maximum absolute atomic E-state index is 13.3. The molecule has 3 aromatic rings. The Morgan fingerprint density at radius 3 is 2.57 bits per heavy atom. The molecule has 44 heavy (non-hydrogen) atoms. The van der Waals surface area contributed by atoms with Crippen LogP contribution in [0.15, 0.2) is 41.3 Å². The lowest BCUT2D eigenvalue weighted by Gasteiger charge is -2.16. The number of carbonyl (C=O) groups excluding carboxylic acids is 3. The van der Waals surface area contributed by atoms with Crippen molar-refractivity contribution < 1.29 is 22.8 Å². The van der Waals surface area contributed by atoms with Crippen molar-refractivity contribution in [1.29, 1.82) is 0 Å². The number of nitrogens with zero attached hydrogens (tertiary/aromatic N) is 1. The highest BCUT2D eigenvalue weighted by Crippen LogP contribution is 2.37. The van der Waals surface area contributed by atoms with Crippen LogP contribution in [0.1, 0.15) is 51.8 Å². The molecule has 0 bridgehead atoms. The van der Waals surface area contributed by atoms with E-state index in [1.807, 2.05) is 0 Å². The first-order valence-corrected chi connectivity index (χ1v) is 16.5. The molecule has 1 saturated heterocycles.